The van der Waals surface area contributed by atoms with E-state index in [4.69, 9.17) is 0 Å². The van der Waals surface area contributed by atoms with Gasteiger partial charge in [-0.15, -0.1) is 10.2 Å². The number of aromatic nitrogens is 3. The van der Waals surface area contributed by atoms with Crippen molar-refractivity contribution in [2.24, 2.45) is 0 Å². The van der Waals surface area contributed by atoms with Crippen LogP contribution in [-0.2, 0) is 5.75 Å². The van der Waals surface area contributed by atoms with Crippen LogP contribution in [0.25, 0.3) is 0 Å². The Hall–Kier alpha value is -2.12. The van der Waals surface area contributed by atoms with E-state index in [9.17, 15) is 0 Å². The van der Waals surface area contributed by atoms with Gasteiger partial charge in [0.05, 0.1) is 5.69 Å². The third kappa shape index (κ3) is 4.11. The molecular weight excluding hydrogens is 350 g/mol. The van der Waals surface area contributed by atoms with Gasteiger partial charge in [-0.3, -0.25) is 4.98 Å². The molecule has 0 spiro atoms. The average Bonchev–Trinajstić information content (AvgIpc) is 3.17. The molecule has 0 amide bonds. The van der Waals surface area contributed by atoms with Gasteiger partial charge in [-0.25, -0.2) is 0 Å². The van der Waals surface area contributed by atoms with Gasteiger partial charge in [0.1, 0.15) is 0 Å². The lowest BCUT2D eigenvalue weighted by Gasteiger charge is -2.35. The molecule has 0 N–H and O–H groups in total. The normalized spacial score (nSPS) is 14.7. The summed E-state index contributed by atoms with van der Waals surface area (Å²) in [6, 6.07) is 16.6. The maximum Gasteiger partial charge on any atom is 0.209 e. The molecular formula is C18H19N5S2. The van der Waals surface area contributed by atoms with Gasteiger partial charge in [-0.2, -0.15) is 0 Å². The molecule has 0 radical (unpaired) electrons. The van der Waals surface area contributed by atoms with E-state index in [2.05, 4.69) is 55.3 Å². The second-order valence-corrected chi connectivity index (χ2v) is 7.95. The molecule has 3 aromatic rings. The van der Waals surface area contributed by atoms with Crippen molar-refractivity contribution >= 4 is 33.9 Å². The molecule has 1 fully saturated rings. The second kappa shape index (κ2) is 7.84. The molecule has 3 heterocycles. The Balaban J connectivity index is 1.32. The van der Waals surface area contributed by atoms with Crippen molar-refractivity contribution in [1.29, 1.82) is 0 Å². The quantitative estimate of drug-likeness (QED) is 0.641. The van der Waals surface area contributed by atoms with Crippen molar-refractivity contribution in [2.75, 3.05) is 36.0 Å². The van der Waals surface area contributed by atoms with Gasteiger partial charge in [-0.05, 0) is 24.3 Å². The summed E-state index contributed by atoms with van der Waals surface area (Å²) in [7, 11) is 0. The van der Waals surface area contributed by atoms with E-state index >= 15 is 0 Å². The summed E-state index contributed by atoms with van der Waals surface area (Å²) < 4.78 is 1.01. The van der Waals surface area contributed by atoms with Gasteiger partial charge in [0.25, 0.3) is 0 Å². The zero-order valence-corrected chi connectivity index (χ0v) is 15.4. The van der Waals surface area contributed by atoms with Gasteiger partial charge >= 0.3 is 0 Å². The number of pyridine rings is 1. The van der Waals surface area contributed by atoms with Crippen molar-refractivity contribution in [1.82, 2.24) is 15.2 Å². The van der Waals surface area contributed by atoms with E-state index in [1.807, 2.05) is 24.4 Å². The van der Waals surface area contributed by atoms with Gasteiger partial charge in [-0.1, -0.05) is 47.4 Å². The van der Waals surface area contributed by atoms with E-state index in [0.717, 1.165) is 47.1 Å². The molecule has 0 bridgehead atoms. The Morgan fingerprint density at radius 1 is 0.880 bits per heavy atom. The fraction of sp³-hybridized carbons (Fsp3) is 0.278. The largest absolute Gasteiger partial charge is 0.368 e. The van der Waals surface area contributed by atoms with Crippen molar-refractivity contribution in [3.05, 3.63) is 60.4 Å². The van der Waals surface area contributed by atoms with Gasteiger partial charge in [0.15, 0.2) is 4.34 Å². The van der Waals surface area contributed by atoms with Gasteiger partial charge in [0, 0.05) is 43.8 Å². The Morgan fingerprint density at radius 2 is 1.64 bits per heavy atom. The van der Waals surface area contributed by atoms with Crippen LogP contribution < -0.4 is 9.80 Å². The van der Waals surface area contributed by atoms with Gasteiger partial charge in [0.2, 0.25) is 5.13 Å². The molecule has 0 unspecified atom stereocenters. The summed E-state index contributed by atoms with van der Waals surface area (Å²) in [5, 5.41) is 9.74. The summed E-state index contributed by atoms with van der Waals surface area (Å²) in [6.45, 7) is 3.99. The third-order valence-corrected chi connectivity index (χ3v) is 6.29. The summed E-state index contributed by atoms with van der Waals surface area (Å²) in [5.41, 5.74) is 2.37. The molecule has 0 aliphatic carbocycles. The SMILES string of the molecule is c1ccc(N2CCN(c3nnc(SCc4ccccn4)s3)CC2)cc1. The van der Waals surface area contributed by atoms with E-state index in [1.54, 1.807) is 23.1 Å². The zero-order valence-electron chi connectivity index (χ0n) is 13.8. The average molecular weight is 370 g/mol. The monoisotopic (exact) mass is 369 g/mol. The number of anilines is 2. The molecule has 4 rings (SSSR count). The van der Waals surface area contributed by atoms with E-state index in [0.29, 0.717) is 0 Å². The third-order valence-electron chi connectivity index (χ3n) is 4.14. The smallest absolute Gasteiger partial charge is 0.209 e. The molecule has 2 aromatic heterocycles. The number of para-hydroxylation sites is 1. The van der Waals surface area contributed by atoms with Crippen LogP contribution in [-0.4, -0.2) is 41.4 Å². The Kier molecular flexibility index (Phi) is 5.13. The first-order valence-electron chi connectivity index (χ1n) is 8.30. The van der Waals surface area contributed by atoms with Crippen molar-refractivity contribution in [3.8, 4) is 0 Å². The zero-order chi connectivity index (χ0) is 16.9. The lowest BCUT2D eigenvalue weighted by atomic mass is 10.2. The number of hydrogen-bond acceptors (Lipinski definition) is 7. The van der Waals surface area contributed by atoms with Crippen LogP contribution in [0, 0.1) is 0 Å². The number of nitrogens with zero attached hydrogens (tertiary/aromatic N) is 5. The maximum absolute atomic E-state index is 4.38. The first-order chi connectivity index (χ1) is 12.4. The maximum atomic E-state index is 4.38. The van der Waals surface area contributed by atoms with Crippen molar-refractivity contribution < 1.29 is 0 Å². The van der Waals surface area contributed by atoms with Crippen LogP contribution in [0.3, 0.4) is 0 Å². The van der Waals surface area contributed by atoms with Crippen LogP contribution in [0.15, 0.2) is 59.1 Å². The molecule has 0 saturated carbocycles. The van der Waals surface area contributed by atoms with E-state index in [1.165, 1.54) is 5.69 Å². The first kappa shape index (κ1) is 16.4. The molecule has 0 atom stereocenters. The fourth-order valence-corrected chi connectivity index (χ4v) is 4.61. The topological polar surface area (TPSA) is 45.2 Å². The summed E-state index contributed by atoms with van der Waals surface area (Å²) in [4.78, 5) is 9.11. The highest BCUT2D eigenvalue weighted by atomic mass is 32.2. The number of thioether (sulfide) groups is 1. The molecule has 5 nitrogen and oxygen atoms in total. The minimum atomic E-state index is 0.831. The van der Waals surface area contributed by atoms with Crippen molar-refractivity contribution in [3.63, 3.8) is 0 Å². The second-order valence-electron chi connectivity index (χ2n) is 5.77. The Labute approximate surface area is 155 Å². The number of benzene rings is 1. The molecule has 1 aliphatic heterocycles. The fourth-order valence-electron chi connectivity index (χ4n) is 2.80. The first-order valence-corrected chi connectivity index (χ1v) is 10.1. The van der Waals surface area contributed by atoms with Crippen LogP contribution in [0.5, 0.6) is 0 Å². The van der Waals surface area contributed by atoms with Crippen LogP contribution in [0.2, 0.25) is 0 Å². The van der Waals surface area contributed by atoms with E-state index < -0.39 is 0 Å². The summed E-state index contributed by atoms with van der Waals surface area (Å²) in [5.74, 6) is 0.831. The van der Waals surface area contributed by atoms with Gasteiger partial charge < -0.3 is 9.80 Å². The Bertz CT molecular complexity index is 785. The molecule has 128 valence electrons. The lowest BCUT2D eigenvalue weighted by molar-refractivity contribution is 0.649. The summed E-state index contributed by atoms with van der Waals surface area (Å²) >= 11 is 3.38. The lowest BCUT2D eigenvalue weighted by Crippen LogP contribution is -2.46. The Morgan fingerprint density at radius 3 is 2.40 bits per heavy atom. The van der Waals surface area contributed by atoms with Crippen LogP contribution in [0.4, 0.5) is 10.8 Å². The number of hydrogen-bond donors (Lipinski definition) is 0. The van der Waals surface area contributed by atoms with Crippen LogP contribution in [0.1, 0.15) is 5.69 Å². The van der Waals surface area contributed by atoms with Crippen molar-refractivity contribution in [2.45, 2.75) is 10.1 Å². The van der Waals surface area contributed by atoms with Crippen LogP contribution >= 0.6 is 23.1 Å². The predicted molar refractivity (Wildman–Crippen MR) is 105 cm³/mol. The molecule has 1 aliphatic rings. The number of piperazine rings is 1. The molecule has 7 heteroatoms. The minimum absolute atomic E-state index is 0.831. The predicted octanol–water partition coefficient (Wildman–Crippen LogP) is 3.55. The summed E-state index contributed by atoms with van der Waals surface area (Å²) in [6.07, 6.45) is 1.83. The highest BCUT2D eigenvalue weighted by Gasteiger charge is 2.20. The molecule has 25 heavy (non-hydrogen) atoms. The highest BCUT2D eigenvalue weighted by Crippen LogP contribution is 2.30. The standard InChI is InChI=1S/C18H19N5S2/c1-2-7-16(8-3-1)22-10-12-23(13-11-22)17-20-21-18(25-17)24-14-15-6-4-5-9-19-15/h1-9H,10-14H2. The molecule has 1 aromatic carbocycles. The highest BCUT2D eigenvalue weighted by molar-refractivity contribution is 8.00. The minimum Gasteiger partial charge on any atom is -0.368 e. The van der Waals surface area contributed by atoms with E-state index in [-0.39, 0.29) is 0 Å². The molecule has 1 saturated heterocycles. The number of rotatable bonds is 5.